The molecule has 2 aromatic heterocycles. The largest absolute Gasteiger partial charge is 0.237 e. The fourth-order valence-corrected chi connectivity index (χ4v) is 1.000. The Bertz CT molecular complexity index is 349. The van der Waals surface area contributed by atoms with Crippen LogP contribution in [0.5, 0.6) is 0 Å². The molecule has 0 radical (unpaired) electrons. The van der Waals surface area contributed by atoms with Gasteiger partial charge in [-0.25, -0.2) is 9.67 Å². The van der Waals surface area contributed by atoms with Gasteiger partial charge in [0.25, 0.3) is 0 Å². The summed E-state index contributed by atoms with van der Waals surface area (Å²) in [4.78, 5) is 4.22. The zero-order valence-corrected chi connectivity index (χ0v) is 8.81. The van der Waals surface area contributed by atoms with E-state index in [1.54, 1.807) is 10.9 Å². The van der Waals surface area contributed by atoms with Crippen LogP contribution in [-0.4, -0.2) is 14.8 Å². The zero-order valence-electron chi connectivity index (χ0n) is 8.81. The first kappa shape index (κ1) is 10.4. The second-order valence-electron chi connectivity index (χ2n) is 2.64. The molecule has 3 nitrogen and oxygen atoms in total. The summed E-state index contributed by atoms with van der Waals surface area (Å²) in [6.07, 6.45) is 5.44. The monoisotopic (exact) mass is 189 g/mol. The van der Waals surface area contributed by atoms with Crippen molar-refractivity contribution in [2.45, 2.75) is 20.8 Å². The maximum absolute atomic E-state index is 4.22. The van der Waals surface area contributed by atoms with E-state index in [4.69, 9.17) is 0 Å². The van der Waals surface area contributed by atoms with Crippen molar-refractivity contribution < 1.29 is 0 Å². The van der Waals surface area contributed by atoms with Gasteiger partial charge in [0.05, 0.1) is 0 Å². The number of rotatable bonds is 1. The minimum Gasteiger partial charge on any atom is -0.237 e. The Morgan fingerprint density at radius 2 is 2.00 bits per heavy atom. The number of aryl methyl sites for hydroxylation is 1. The van der Waals surface area contributed by atoms with Crippen LogP contribution in [0.25, 0.3) is 5.82 Å². The van der Waals surface area contributed by atoms with E-state index in [1.807, 2.05) is 51.4 Å². The fraction of sp³-hybridized carbons (Fsp3) is 0.273. The molecule has 0 unspecified atom stereocenters. The minimum absolute atomic E-state index is 0.852. The van der Waals surface area contributed by atoms with Gasteiger partial charge in [0.1, 0.15) is 0 Å². The Kier molecular flexibility index (Phi) is 3.85. The third-order valence-electron chi connectivity index (χ3n) is 1.63. The van der Waals surface area contributed by atoms with Crippen LogP contribution in [0.4, 0.5) is 0 Å². The smallest absolute Gasteiger partial charge is 0.153 e. The highest BCUT2D eigenvalue weighted by Gasteiger charge is 1.94. The number of hydrogen-bond donors (Lipinski definition) is 0. The average molecular weight is 189 g/mol. The summed E-state index contributed by atoms with van der Waals surface area (Å²) in [5.41, 5.74) is 1.16. The first-order chi connectivity index (χ1) is 6.86. The standard InChI is InChI=1S/C9H9N3.C2H6/c1-8-3-4-9(10-7-8)12-6-2-5-11-12;1-2/h2-7H,1H3;1-2H3. The van der Waals surface area contributed by atoms with Crippen molar-refractivity contribution >= 4 is 0 Å². The Morgan fingerprint density at radius 1 is 1.21 bits per heavy atom. The van der Waals surface area contributed by atoms with Crippen molar-refractivity contribution in [3.63, 3.8) is 0 Å². The molecule has 0 bridgehead atoms. The number of aromatic nitrogens is 3. The molecule has 0 N–H and O–H groups in total. The Morgan fingerprint density at radius 3 is 2.50 bits per heavy atom. The summed E-state index contributed by atoms with van der Waals surface area (Å²) < 4.78 is 1.74. The molecule has 0 aromatic carbocycles. The van der Waals surface area contributed by atoms with Crippen LogP contribution >= 0.6 is 0 Å². The summed E-state index contributed by atoms with van der Waals surface area (Å²) >= 11 is 0. The summed E-state index contributed by atoms with van der Waals surface area (Å²) in [7, 11) is 0. The molecule has 2 aromatic rings. The summed E-state index contributed by atoms with van der Waals surface area (Å²) in [5, 5.41) is 4.07. The fourth-order valence-electron chi connectivity index (χ4n) is 1.000. The molecule has 0 saturated heterocycles. The third kappa shape index (κ3) is 2.42. The molecule has 0 aliphatic carbocycles. The molecule has 3 heteroatoms. The molecule has 0 aliphatic heterocycles. The molecular weight excluding hydrogens is 174 g/mol. The van der Waals surface area contributed by atoms with E-state index >= 15 is 0 Å². The number of pyridine rings is 1. The predicted octanol–water partition coefficient (Wildman–Crippen LogP) is 2.60. The first-order valence-corrected chi connectivity index (χ1v) is 4.79. The summed E-state index contributed by atoms with van der Waals surface area (Å²) in [6, 6.07) is 5.84. The van der Waals surface area contributed by atoms with Crippen molar-refractivity contribution in [3.8, 4) is 5.82 Å². The second-order valence-corrected chi connectivity index (χ2v) is 2.64. The van der Waals surface area contributed by atoms with E-state index in [-0.39, 0.29) is 0 Å². The molecule has 0 atom stereocenters. The molecule has 0 fully saturated rings. The SMILES string of the molecule is CC.Cc1ccc(-n2cccn2)nc1. The van der Waals surface area contributed by atoms with Gasteiger partial charge in [0.2, 0.25) is 0 Å². The first-order valence-electron chi connectivity index (χ1n) is 4.79. The third-order valence-corrected chi connectivity index (χ3v) is 1.63. The second kappa shape index (κ2) is 5.17. The number of hydrogen-bond acceptors (Lipinski definition) is 2. The highest BCUT2D eigenvalue weighted by Crippen LogP contribution is 2.02. The van der Waals surface area contributed by atoms with Gasteiger partial charge >= 0.3 is 0 Å². The van der Waals surface area contributed by atoms with Crippen LogP contribution < -0.4 is 0 Å². The Labute approximate surface area is 84.4 Å². The van der Waals surface area contributed by atoms with Gasteiger partial charge in [-0.1, -0.05) is 19.9 Å². The highest BCUT2D eigenvalue weighted by atomic mass is 15.3. The minimum atomic E-state index is 0.852. The van der Waals surface area contributed by atoms with Crippen molar-refractivity contribution in [1.82, 2.24) is 14.8 Å². The molecule has 14 heavy (non-hydrogen) atoms. The van der Waals surface area contributed by atoms with E-state index in [2.05, 4.69) is 10.1 Å². The molecule has 2 heterocycles. The van der Waals surface area contributed by atoms with Crippen molar-refractivity contribution in [1.29, 1.82) is 0 Å². The quantitative estimate of drug-likeness (QED) is 0.690. The van der Waals surface area contributed by atoms with Crippen LogP contribution in [0.2, 0.25) is 0 Å². The van der Waals surface area contributed by atoms with Crippen LogP contribution in [0.3, 0.4) is 0 Å². The van der Waals surface area contributed by atoms with Crippen LogP contribution in [0.1, 0.15) is 19.4 Å². The molecule has 2 rings (SSSR count). The van der Waals surface area contributed by atoms with Gasteiger partial charge in [-0.2, -0.15) is 5.10 Å². The van der Waals surface area contributed by atoms with E-state index in [9.17, 15) is 0 Å². The van der Waals surface area contributed by atoms with Crippen LogP contribution in [0.15, 0.2) is 36.8 Å². The van der Waals surface area contributed by atoms with Gasteiger partial charge in [0, 0.05) is 18.6 Å². The van der Waals surface area contributed by atoms with Gasteiger partial charge in [-0.15, -0.1) is 0 Å². The summed E-state index contributed by atoms with van der Waals surface area (Å²) in [5.74, 6) is 0.852. The van der Waals surface area contributed by atoms with Crippen LogP contribution in [0, 0.1) is 6.92 Å². The lowest BCUT2D eigenvalue weighted by molar-refractivity contribution is 0.845. The molecule has 0 aliphatic rings. The lowest BCUT2D eigenvalue weighted by Crippen LogP contribution is -1.96. The van der Waals surface area contributed by atoms with Crippen molar-refractivity contribution in [3.05, 3.63) is 42.4 Å². The van der Waals surface area contributed by atoms with Crippen molar-refractivity contribution in [2.24, 2.45) is 0 Å². The van der Waals surface area contributed by atoms with Gasteiger partial charge in [-0.05, 0) is 24.6 Å². The normalized spacial score (nSPS) is 9.07. The predicted molar refractivity (Wildman–Crippen MR) is 57.4 cm³/mol. The maximum Gasteiger partial charge on any atom is 0.153 e. The topological polar surface area (TPSA) is 30.7 Å². The maximum atomic E-state index is 4.22. The summed E-state index contributed by atoms with van der Waals surface area (Å²) in [6.45, 7) is 6.01. The Hall–Kier alpha value is -1.64. The Balaban J connectivity index is 0.000000461. The molecule has 0 amide bonds. The van der Waals surface area contributed by atoms with E-state index in [0.29, 0.717) is 0 Å². The molecule has 0 spiro atoms. The lowest BCUT2D eigenvalue weighted by atomic mass is 10.3. The van der Waals surface area contributed by atoms with Gasteiger partial charge < -0.3 is 0 Å². The number of nitrogens with zero attached hydrogens (tertiary/aromatic N) is 3. The van der Waals surface area contributed by atoms with E-state index < -0.39 is 0 Å². The van der Waals surface area contributed by atoms with E-state index in [1.165, 1.54) is 0 Å². The van der Waals surface area contributed by atoms with Crippen LogP contribution in [-0.2, 0) is 0 Å². The highest BCUT2D eigenvalue weighted by molar-refractivity contribution is 5.23. The molecular formula is C11H15N3. The van der Waals surface area contributed by atoms with Gasteiger partial charge in [-0.3, -0.25) is 0 Å². The van der Waals surface area contributed by atoms with E-state index in [0.717, 1.165) is 11.4 Å². The van der Waals surface area contributed by atoms with Gasteiger partial charge in [0.15, 0.2) is 5.82 Å². The zero-order chi connectivity index (χ0) is 10.4. The average Bonchev–Trinajstić information content (AvgIpc) is 2.75. The lowest BCUT2D eigenvalue weighted by Gasteiger charge is -1.98. The molecule has 0 saturated carbocycles. The van der Waals surface area contributed by atoms with Crippen molar-refractivity contribution in [2.75, 3.05) is 0 Å². The molecule has 74 valence electrons.